The van der Waals surface area contributed by atoms with E-state index >= 15 is 0 Å². The van der Waals surface area contributed by atoms with Gasteiger partial charge in [-0.1, -0.05) is 25.5 Å². The van der Waals surface area contributed by atoms with E-state index in [0.717, 1.165) is 55.3 Å². The maximum Gasteiger partial charge on any atom is 0.267 e. The van der Waals surface area contributed by atoms with Crippen molar-refractivity contribution in [2.45, 2.75) is 56.9 Å². The molecule has 0 unspecified atom stereocenters. The molecule has 1 aliphatic carbocycles. The second-order valence-corrected chi connectivity index (χ2v) is 8.44. The van der Waals surface area contributed by atoms with Crippen molar-refractivity contribution in [3.8, 4) is 0 Å². The average Bonchev–Trinajstić information content (AvgIpc) is 2.63. The molecule has 0 atom stereocenters. The molecule has 1 aromatic heterocycles. The number of benzene rings is 1. The van der Waals surface area contributed by atoms with Gasteiger partial charge in [-0.3, -0.25) is 4.79 Å². The summed E-state index contributed by atoms with van der Waals surface area (Å²) in [4.78, 5) is 12.4. The molecule has 1 aliphatic rings. The minimum Gasteiger partial charge on any atom is -0.268 e. The second kappa shape index (κ2) is 8.14. The Morgan fingerprint density at radius 2 is 1.88 bits per heavy atom. The summed E-state index contributed by atoms with van der Waals surface area (Å²) in [6.45, 7) is 2.44. The highest BCUT2D eigenvalue weighted by Gasteiger charge is 2.15. The number of hydrogen-bond acceptors (Lipinski definition) is 4. The van der Waals surface area contributed by atoms with Gasteiger partial charge in [0.25, 0.3) is 5.56 Å². The molecule has 0 amide bonds. The lowest BCUT2D eigenvalue weighted by molar-refractivity contribution is 0.526. The van der Waals surface area contributed by atoms with E-state index in [0.29, 0.717) is 0 Å². The fourth-order valence-corrected chi connectivity index (χ4v) is 4.28. The maximum absolute atomic E-state index is 12.4. The summed E-state index contributed by atoms with van der Waals surface area (Å²) in [6, 6.07) is 8.57. The lowest BCUT2D eigenvalue weighted by Gasteiger charge is -2.16. The van der Waals surface area contributed by atoms with Gasteiger partial charge < -0.3 is 0 Å². The van der Waals surface area contributed by atoms with E-state index in [1.807, 2.05) is 12.1 Å². The fourth-order valence-electron chi connectivity index (χ4n) is 3.25. The van der Waals surface area contributed by atoms with Crippen molar-refractivity contribution >= 4 is 10.0 Å². The number of aromatic nitrogens is 2. The number of sulfonamides is 1. The first kappa shape index (κ1) is 18.8. The van der Waals surface area contributed by atoms with Crippen molar-refractivity contribution in [2.24, 2.45) is 0 Å². The monoisotopic (exact) mass is 375 g/mol. The Kier molecular flexibility index (Phi) is 5.88. The van der Waals surface area contributed by atoms with Crippen LogP contribution in [0.1, 0.15) is 43.0 Å². The zero-order valence-corrected chi connectivity index (χ0v) is 15.9. The van der Waals surface area contributed by atoms with E-state index in [-0.39, 0.29) is 23.5 Å². The zero-order valence-electron chi connectivity index (χ0n) is 15.1. The minimum absolute atomic E-state index is 0.130. The van der Waals surface area contributed by atoms with E-state index in [2.05, 4.69) is 16.7 Å². The molecule has 0 bridgehead atoms. The maximum atomic E-state index is 12.4. The Bertz CT molecular complexity index is 918. The smallest absolute Gasteiger partial charge is 0.267 e. The first-order valence-corrected chi connectivity index (χ1v) is 10.7. The van der Waals surface area contributed by atoms with Crippen LogP contribution in [-0.2, 0) is 35.8 Å². The third kappa shape index (κ3) is 4.40. The normalized spacial score (nSPS) is 14.2. The molecular formula is C19H25N3O3S. The second-order valence-electron chi connectivity index (χ2n) is 6.68. The number of rotatable bonds is 7. The number of fused-ring (bicyclic) bond motifs is 1. The summed E-state index contributed by atoms with van der Waals surface area (Å²) < 4.78 is 28.7. The Labute approximate surface area is 154 Å². The molecule has 3 rings (SSSR count). The molecule has 140 valence electrons. The van der Waals surface area contributed by atoms with Crippen LogP contribution < -0.4 is 10.3 Å². The molecule has 26 heavy (non-hydrogen) atoms. The van der Waals surface area contributed by atoms with Crippen LogP contribution in [0.3, 0.4) is 0 Å². The quantitative estimate of drug-likeness (QED) is 0.803. The van der Waals surface area contributed by atoms with Gasteiger partial charge in [-0.2, -0.15) is 5.10 Å². The van der Waals surface area contributed by atoms with Gasteiger partial charge >= 0.3 is 0 Å². The van der Waals surface area contributed by atoms with Gasteiger partial charge in [0.1, 0.15) is 0 Å². The molecule has 2 aromatic rings. The molecule has 0 saturated heterocycles. The lowest BCUT2D eigenvalue weighted by atomic mass is 9.97. The molecule has 7 heteroatoms. The van der Waals surface area contributed by atoms with Crippen LogP contribution in [0.25, 0.3) is 0 Å². The van der Waals surface area contributed by atoms with Crippen LogP contribution in [0.15, 0.2) is 40.0 Å². The third-order valence-corrected chi connectivity index (χ3v) is 6.14. The molecule has 0 saturated carbocycles. The number of nitrogens with zero attached hydrogens (tertiary/aromatic N) is 2. The van der Waals surface area contributed by atoms with Crippen molar-refractivity contribution in [2.75, 3.05) is 6.54 Å². The summed E-state index contributed by atoms with van der Waals surface area (Å²) in [5, 5.41) is 4.41. The van der Waals surface area contributed by atoms with Gasteiger partial charge in [-0.15, -0.1) is 0 Å². The van der Waals surface area contributed by atoms with Gasteiger partial charge in [-0.25, -0.2) is 17.8 Å². The Hall–Kier alpha value is -1.99. The van der Waals surface area contributed by atoms with Crippen LogP contribution in [0.2, 0.25) is 0 Å². The number of nitrogens with one attached hydrogen (secondary N) is 1. The van der Waals surface area contributed by atoms with E-state index in [4.69, 9.17) is 0 Å². The molecule has 0 radical (unpaired) electrons. The van der Waals surface area contributed by atoms with Gasteiger partial charge in [-0.05, 0) is 55.4 Å². The van der Waals surface area contributed by atoms with Crippen LogP contribution in [-0.4, -0.2) is 24.7 Å². The largest absolute Gasteiger partial charge is 0.268 e. The van der Waals surface area contributed by atoms with Crippen LogP contribution in [0.4, 0.5) is 0 Å². The highest BCUT2D eigenvalue weighted by Crippen LogP contribution is 2.17. The summed E-state index contributed by atoms with van der Waals surface area (Å²) in [6.07, 6.45) is 5.91. The van der Waals surface area contributed by atoms with Gasteiger partial charge in [0, 0.05) is 12.6 Å². The molecule has 1 aromatic carbocycles. The van der Waals surface area contributed by atoms with Gasteiger partial charge in [0.15, 0.2) is 0 Å². The van der Waals surface area contributed by atoms with Crippen molar-refractivity contribution < 1.29 is 8.42 Å². The van der Waals surface area contributed by atoms with Crippen molar-refractivity contribution in [1.82, 2.24) is 14.5 Å². The Morgan fingerprint density at radius 1 is 1.15 bits per heavy atom. The number of hydrogen-bond donors (Lipinski definition) is 1. The highest BCUT2D eigenvalue weighted by atomic mass is 32.2. The van der Waals surface area contributed by atoms with Gasteiger partial charge in [0.2, 0.25) is 10.0 Å². The van der Waals surface area contributed by atoms with Crippen LogP contribution in [0, 0.1) is 0 Å². The first-order valence-electron chi connectivity index (χ1n) is 9.18. The predicted molar refractivity (Wildman–Crippen MR) is 101 cm³/mol. The molecule has 0 spiro atoms. The summed E-state index contributed by atoms with van der Waals surface area (Å²) in [5.41, 5.74) is 2.94. The van der Waals surface area contributed by atoms with Crippen molar-refractivity contribution in [3.63, 3.8) is 0 Å². The molecular weight excluding hydrogens is 350 g/mol. The van der Waals surface area contributed by atoms with Crippen LogP contribution >= 0.6 is 0 Å². The zero-order chi connectivity index (χ0) is 18.6. The van der Waals surface area contributed by atoms with Crippen LogP contribution in [0.5, 0.6) is 0 Å². The van der Waals surface area contributed by atoms with Crippen molar-refractivity contribution in [3.05, 3.63) is 57.5 Å². The van der Waals surface area contributed by atoms with E-state index in [1.54, 1.807) is 18.2 Å². The summed E-state index contributed by atoms with van der Waals surface area (Å²) in [7, 11) is -3.59. The SMILES string of the molecule is CCCc1ccc(S(=O)(=O)NCCn2nc3c(cc2=O)CCCC3)cc1. The summed E-state index contributed by atoms with van der Waals surface area (Å²) >= 11 is 0. The van der Waals surface area contributed by atoms with E-state index < -0.39 is 10.0 Å². The standard InChI is InChI=1S/C19H25N3O3S/c1-2-5-15-8-10-17(11-9-15)26(24,25)20-12-13-22-19(23)14-16-6-3-4-7-18(16)21-22/h8-11,14,20H,2-7,12-13H2,1H3. The molecule has 0 fully saturated rings. The predicted octanol–water partition coefficient (Wildman–Crippen LogP) is 2.05. The highest BCUT2D eigenvalue weighted by molar-refractivity contribution is 7.89. The molecule has 1 heterocycles. The minimum atomic E-state index is -3.59. The molecule has 0 aliphatic heterocycles. The average molecular weight is 375 g/mol. The third-order valence-electron chi connectivity index (χ3n) is 4.66. The first-order chi connectivity index (χ1) is 12.5. The Balaban J connectivity index is 1.64. The van der Waals surface area contributed by atoms with E-state index in [1.165, 1.54) is 4.68 Å². The summed E-state index contributed by atoms with van der Waals surface area (Å²) in [5.74, 6) is 0. The number of aryl methyl sites for hydroxylation is 3. The molecule has 6 nitrogen and oxygen atoms in total. The molecule has 1 N–H and O–H groups in total. The van der Waals surface area contributed by atoms with Crippen molar-refractivity contribution in [1.29, 1.82) is 0 Å². The topological polar surface area (TPSA) is 81.1 Å². The Morgan fingerprint density at radius 3 is 2.62 bits per heavy atom. The van der Waals surface area contributed by atoms with Gasteiger partial charge in [0.05, 0.1) is 17.1 Å². The van der Waals surface area contributed by atoms with E-state index in [9.17, 15) is 13.2 Å². The lowest BCUT2D eigenvalue weighted by Crippen LogP contribution is -2.33. The fraction of sp³-hybridized carbons (Fsp3) is 0.474.